The van der Waals surface area contributed by atoms with Gasteiger partial charge in [-0.2, -0.15) is 0 Å². The molecule has 0 fully saturated rings. The largest absolute Gasteiger partial charge is 0.457 e. The molecule has 0 atom stereocenters. The average Bonchev–Trinajstić information content (AvgIpc) is 2.42. The van der Waals surface area contributed by atoms with Crippen molar-refractivity contribution < 1.29 is 9.13 Å². The van der Waals surface area contributed by atoms with Gasteiger partial charge in [0.05, 0.1) is 0 Å². The van der Waals surface area contributed by atoms with Gasteiger partial charge in [0.15, 0.2) is 0 Å². The summed E-state index contributed by atoms with van der Waals surface area (Å²) in [5.74, 6) is 0.826. The molecule has 4 heteroatoms. The molecule has 0 spiro atoms. The van der Waals surface area contributed by atoms with Crippen LogP contribution in [0.3, 0.4) is 0 Å². The molecule has 2 aromatic carbocycles. The van der Waals surface area contributed by atoms with Crippen LogP contribution < -0.4 is 10.1 Å². The number of hydrogen-bond donors (Lipinski definition) is 1. The molecule has 0 saturated carbocycles. The van der Waals surface area contributed by atoms with Crippen molar-refractivity contribution in [3.63, 3.8) is 0 Å². The maximum Gasteiger partial charge on any atom is 0.133 e. The monoisotopic (exact) mass is 293 g/mol. The van der Waals surface area contributed by atoms with Gasteiger partial charge < -0.3 is 10.1 Å². The number of benzene rings is 2. The lowest BCUT2D eigenvalue weighted by molar-refractivity contribution is 0.467. The van der Waals surface area contributed by atoms with Crippen LogP contribution >= 0.6 is 11.6 Å². The van der Waals surface area contributed by atoms with Gasteiger partial charge in [0.25, 0.3) is 0 Å². The second-order valence-corrected chi connectivity index (χ2v) is 4.92. The SMILES string of the molecule is CCNCc1c(Cl)cccc1Oc1ccc(C)c(F)c1. The summed E-state index contributed by atoms with van der Waals surface area (Å²) in [4.78, 5) is 0. The highest BCUT2D eigenvalue weighted by Crippen LogP contribution is 2.31. The van der Waals surface area contributed by atoms with Gasteiger partial charge in [-0.05, 0) is 37.2 Å². The Morgan fingerprint density at radius 1 is 1.25 bits per heavy atom. The van der Waals surface area contributed by atoms with E-state index < -0.39 is 0 Å². The Kier molecular flexibility index (Phi) is 4.99. The Hall–Kier alpha value is -1.58. The maximum absolute atomic E-state index is 13.5. The smallest absolute Gasteiger partial charge is 0.133 e. The molecule has 2 nitrogen and oxygen atoms in total. The molecule has 0 radical (unpaired) electrons. The number of nitrogens with one attached hydrogen (secondary N) is 1. The zero-order valence-electron chi connectivity index (χ0n) is 11.5. The highest BCUT2D eigenvalue weighted by molar-refractivity contribution is 6.31. The van der Waals surface area contributed by atoms with Crippen LogP contribution in [0.5, 0.6) is 11.5 Å². The predicted octanol–water partition coefficient (Wildman–Crippen LogP) is 4.69. The van der Waals surface area contributed by atoms with Crippen molar-refractivity contribution >= 4 is 11.6 Å². The van der Waals surface area contributed by atoms with E-state index in [1.54, 1.807) is 19.1 Å². The van der Waals surface area contributed by atoms with Crippen LogP contribution in [0.15, 0.2) is 36.4 Å². The van der Waals surface area contributed by atoms with Crippen molar-refractivity contribution in [2.75, 3.05) is 6.54 Å². The van der Waals surface area contributed by atoms with E-state index in [9.17, 15) is 4.39 Å². The van der Waals surface area contributed by atoms with Gasteiger partial charge in [-0.25, -0.2) is 4.39 Å². The lowest BCUT2D eigenvalue weighted by Gasteiger charge is -2.13. The fourth-order valence-corrected chi connectivity index (χ4v) is 2.05. The summed E-state index contributed by atoms with van der Waals surface area (Å²) in [6.45, 7) is 5.19. The number of hydrogen-bond acceptors (Lipinski definition) is 2. The molecule has 0 heterocycles. The maximum atomic E-state index is 13.5. The molecular formula is C16H17ClFNO. The molecule has 0 amide bonds. The van der Waals surface area contributed by atoms with Crippen molar-refractivity contribution in [2.24, 2.45) is 0 Å². The first-order valence-electron chi connectivity index (χ1n) is 6.54. The number of rotatable bonds is 5. The topological polar surface area (TPSA) is 21.3 Å². The van der Waals surface area contributed by atoms with Crippen molar-refractivity contribution in [3.8, 4) is 11.5 Å². The Balaban J connectivity index is 2.28. The molecular weight excluding hydrogens is 277 g/mol. The van der Waals surface area contributed by atoms with Crippen molar-refractivity contribution in [3.05, 3.63) is 58.4 Å². The Labute approximate surface area is 123 Å². The normalized spacial score (nSPS) is 10.6. The molecule has 0 bridgehead atoms. The fraction of sp³-hybridized carbons (Fsp3) is 0.250. The molecule has 20 heavy (non-hydrogen) atoms. The first kappa shape index (κ1) is 14.8. The number of aryl methyl sites for hydroxylation is 1. The summed E-state index contributed by atoms with van der Waals surface area (Å²) >= 11 is 6.19. The Morgan fingerprint density at radius 3 is 2.75 bits per heavy atom. The minimum absolute atomic E-state index is 0.280. The fourth-order valence-electron chi connectivity index (χ4n) is 1.82. The first-order valence-corrected chi connectivity index (χ1v) is 6.91. The van der Waals surface area contributed by atoms with Gasteiger partial charge in [0, 0.05) is 23.2 Å². The Morgan fingerprint density at radius 2 is 2.05 bits per heavy atom. The van der Waals surface area contributed by atoms with E-state index in [-0.39, 0.29) is 5.82 Å². The van der Waals surface area contributed by atoms with E-state index in [4.69, 9.17) is 16.3 Å². The minimum Gasteiger partial charge on any atom is -0.457 e. The van der Waals surface area contributed by atoms with Crippen LogP contribution in [0.2, 0.25) is 5.02 Å². The van der Waals surface area contributed by atoms with E-state index >= 15 is 0 Å². The van der Waals surface area contributed by atoms with E-state index in [1.165, 1.54) is 6.07 Å². The molecule has 1 N–H and O–H groups in total. The molecule has 0 saturated heterocycles. The third kappa shape index (κ3) is 3.50. The highest BCUT2D eigenvalue weighted by atomic mass is 35.5. The average molecular weight is 294 g/mol. The molecule has 0 aliphatic rings. The van der Waals surface area contributed by atoms with Gasteiger partial charge in [-0.1, -0.05) is 30.7 Å². The third-order valence-corrected chi connectivity index (χ3v) is 3.35. The van der Waals surface area contributed by atoms with E-state index in [1.807, 2.05) is 25.1 Å². The molecule has 2 aromatic rings. The number of ether oxygens (including phenoxy) is 1. The van der Waals surface area contributed by atoms with Crippen LogP contribution in [0.4, 0.5) is 4.39 Å². The second-order valence-electron chi connectivity index (χ2n) is 4.51. The summed E-state index contributed by atoms with van der Waals surface area (Å²) < 4.78 is 19.3. The lowest BCUT2D eigenvalue weighted by atomic mass is 10.2. The van der Waals surface area contributed by atoms with Crippen LogP contribution in [0, 0.1) is 12.7 Å². The van der Waals surface area contributed by atoms with Crippen molar-refractivity contribution in [1.82, 2.24) is 5.32 Å². The van der Waals surface area contributed by atoms with Crippen LogP contribution in [-0.4, -0.2) is 6.54 Å². The van der Waals surface area contributed by atoms with Crippen LogP contribution in [0.25, 0.3) is 0 Å². The number of halogens is 2. The van der Waals surface area contributed by atoms with Crippen LogP contribution in [-0.2, 0) is 6.54 Å². The summed E-state index contributed by atoms with van der Waals surface area (Å²) in [5, 5.41) is 3.85. The molecule has 106 valence electrons. The van der Waals surface area contributed by atoms with Crippen molar-refractivity contribution in [2.45, 2.75) is 20.4 Å². The quantitative estimate of drug-likeness (QED) is 0.863. The molecule has 0 aliphatic carbocycles. The lowest BCUT2D eigenvalue weighted by Crippen LogP contribution is -2.12. The predicted molar refractivity (Wildman–Crippen MR) is 80.0 cm³/mol. The zero-order chi connectivity index (χ0) is 14.5. The van der Waals surface area contributed by atoms with E-state index in [0.717, 1.165) is 12.1 Å². The molecule has 0 aromatic heterocycles. The zero-order valence-corrected chi connectivity index (χ0v) is 12.3. The summed E-state index contributed by atoms with van der Waals surface area (Å²) in [6, 6.07) is 10.3. The molecule has 2 rings (SSSR count). The van der Waals surface area contributed by atoms with Gasteiger partial charge >= 0.3 is 0 Å². The van der Waals surface area contributed by atoms with Gasteiger partial charge in [0.2, 0.25) is 0 Å². The molecule has 0 aliphatic heterocycles. The third-order valence-electron chi connectivity index (χ3n) is 3.00. The second kappa shape index (κ2) is 6.73. The standard InChI is InChI=1S/C16H17ClFNO/c1-3-19-10-13-14(17)5-4-6-16(13)20-12-8-7-11(2)15(18)9-12/h4-9,19H,3,10H2,1-2H3. The van der Waals surface area contributed by atoms with E-state index in [0.29, 0.717) is 28.6 Å². The molecule has 0 unspecified atom stereocenters. The summed E-state index contributed by atoms with van der Waals surface area (Å²) in [6.07, 6.45) is 0. The Bertz CT molecular complexity index is 601. The summed E-state index contributed by atoms with van der Waals surface area (Å²) in [7, 11) is 0. The summed E-state index contributed by atoms with van der Waals surface area (Å²) in [5.41, 5.74) is 1.47. The van der Waals surface area contributed by atoms with Crippen molar-refractivity contribution in [1.29, 1.82) is 0 Å². The van der Waals surface area contributed by atoms with E-state index in [2.05, 4.69) is 5.32 Å². The highest BCUT2D eigenvalue weighted by Gasteiger charge is 2.09. The first-order chi connectivity index (χ1) is 9.61. The van der Waals surface area contributed by atoms with Crippen LogP contribution in [0.1, 0.15) is 18.1 Å². The minimum atomic E-state index is -0.280. The van der Waals surface area contributed by atoms with Gasteiger partial charge in [0.1, 0.15) is 17.3 Å². The van der Waals surface area contributed by atoms with Gasteiger partial charge in [-0.15, -0.1) is 0 Å². The van der Waals surface area contributed by atoms with Gasteiger partial charge in [-0.3, -0.25) is 0 Å².